The van der Waals surface area contributed by atoms with Crippen molar-refractivity contribution >= 4 is 23.4 Å². The maximum Gasteiger partial charge on any atom is 0.230 e. The molecule has 1 fully saturated rings. The first-order valence-electron chi connectivity index (χ1n) is 6.75. The van der Waals surface area contributed by atoms with Crippen molar-refractivity contribution in [3.8, 4) is 0 Å². The Balaban J connectivity index is 1.93. The molecule has 4 heteroatoms. The third-order valence-corrected chi connectivity index (χ3v) is 4.93. The summed E-state index contributed by atoms with van der Waals surface area (Å²) in [7, 11) is 0. The first-order valence-corrected chi connectivity index (χ1v) is 8.04. The number of benzene rings is 1. The van der Waals surface area contributed by atoms with E-state index in [2.05, 4.69) is 18.5 Å². The van der Waals surface area contributed by atoms with Gasteiger partial charge in [-0.2, -0.15) is 11.8 Å². The smallest absolute Gasteiger partial charge is 0.230 e. The fourth-order valence-corrected chi connectivity index (χ4v) is 2.60. The number of thioether (sulfide) groups is 1. The summed E-state index contributed by atoms with van der Waals surface area (Å²) in [4.78, 5) is 12.3. The second-order valence-corrected chi connectivity index (χ2v) is 6.57. The molecule has 0 aromatic heterocycles. The van der Waals surface area contributed by atoms with E-state index in [4.69, 9.17) is 5.73 Å². The second-order valence-electron chi connectivity index (χ2n) is 5.30. The molecule has 2 rings (SSSR count). The highest BCUT2D eigenvalue weighted by molar-refractivity contribution is 7.99. The number of carbonyl (C=O) groups excluding carboxylic acids is 1. The van der Waals surface area contributed by atoms with Gasteiger partial charge in [0.1, 0.15) is 0 Å². The molecule has 1 aromatic carbocycles. The van der Waals surface area contributed by atoms with Gasteiger partial charge in [-0.25, -0.2) is 0 Å². The van der Waals surface area contributed by atoms with E-state index in [9.17, 15) is 4.79 Å². The van der Waals surface area contributed by atoms with Gasteiger partial charge in [0, 0.05) is 17.5 Å². The van der Waals surface area contributed by atoms with Gasteiger partial charge in [-0.1, -0.05) is 19.1 Å². The van der Waals surface area contributed by atoms with E-state index in [0.29, 0.717) is 5.25 Å². The average molecular weight is 278 g/mol. The van der Waals surface area contributed by atoms with Crippen LogP contribution in [0.4, 0.5) is 5.69 Å². The second kappa shape index (κ2) is 5.87. The van der Waals surface area contributed by atoms with E-state index in [1.807, 2.05) is 36.0 Å². The Hall–Kier alpha value is -1.16. The first-order chi connectivity index (χ1) is 9.08. The highest BCUT2D eigenvalue weighted by atomic mass is 32.2. The summed E-state index contributed by atoms with van der Waals surface area (Å²) < 4.78 is 0. The third kappa shape index (κ3) is 3.24. The zero-order valence-electron chi connectivity index (χ0n) is 11.6. The number of nitrogen functional groups attached to an aromatic ring is 1. The van der Waals surface area contributed by atoms with Gasteiger partial charge in [0.2, 0.25) is 5.91 Å². The Morgan fingerprint density at radius 2 is 2.05 bits per heavy atom. The van der Waals surface area contributed by atoms with Crippen LogP contribution in [0.2, 0.25) is 0 Å². The molecule has 0 bridgehead atoms. The Kier molecular flexibility index (Phi) is 4.40. The van der Waals surface area contributed by atoms with Crippen molar-refractivity contribution in [1.29, 1.82) is 0 Å². The lowest BCUT2D eigenvalue weighted by molar-refractivity contribution is -0.123. The number of amides is 1. The zero-order valence-corrected chi connectivity index (χ0v) is 12.4. The van der Waals surface area contributed by atoms with Gasteiger partial charge in [0.15, 0.2) is 0 Å². The van der Waals surface area contributed by atoms with Crippen molar-refractivity contribution in [2.24, 2.45) is 0 Å². The Morgan fingerprint density at radius 3 is 2.58 bits per heavy atom. The molecule has 1 amide bonds. The summed E-state index contributed by atoms with van der Waals surface area (Å²) in [6.07, 6.45) is 5.01. The van der Waals surface area contributed by atoms with Crippen LogP contribution in [0, 0.1) is 0 Å². The summed E-state index contributed by atoms with van der Waals surface area (Å²) in [5, 5.41) is 3.67. The predicted molar refractivity (Wildman–Crippen MR) is 82.4 cm³/mol. The third-order valence-electron chi connectivity index (χ3n) is 3.89. The number of anilines is 1. The molecule has 0 radical (unpaired) electrons. The average Bonchev–Trinajstić information content (AvgIpc) is 3.20. The first kappa shape index (κ1) is 14.3. The SMILES string of the molecule is CSC(C)CCNC(=O)C1(c2ccc(N)cc2)CC1. The van der Waals surface area contributed by atoms with Crippen LogP contribution >= 0.6 is 11.8 Å². The van der Waals surface area contributed by atoms with Crippen LogP contribution in [0.1, 0.15) is 31.7 Å². The van der Waals surface area contributed by atoms with Gasteiger partial charge in [-0.15, -0.1) is 0 Å². The predicted octanol–water partition coefficient (Wildman–Crippen LogP) is 2.56. The van der Waals surface area contributed by atoms with Crippen molar-refractivity contribution in [3.63, 3.8) is 0 Å². The normalized spacial score (nSPS) is 17.8. The number of hydrogen-bond acceptors (Lipinski definition) is 3. The molecule has 0 heterocycles. The van der Waals surface area contributed by atoms with Crippen LogP contribution in [0.5, 0.6) is 0 Å². The molecular formula is C15H22N2OS. The van der Waals surface area contributed by atoms with Crippen LogP contribution < -0.4 is 11.1 Å². The summed E-state index contributed by atoms with van der Waals surface area (Å²) in [5.74, 6) is 0.172. The summed E-state index contributed by atoms with van der Waals surface area (Å²) in [5.41, 5.74) is 7.25. The van der Waals surface area contributed by atoms with Crippen LogP contribution in [0.3, 0.4) is 0 Å². The Labute approximate surface area is 119 Å². The van der Waals surface area contributed by atoms with Gasteiger partial charge in [-0.05, 0) is 43.2 Å². The van der Waals surface area contributed by atoms with E-state index in [1.54, 1.807) is 0 Å². The minimum Gasteiger partial charge on any atom is -0.399 e. The molecule has 104 valence electrons. The molecule has 1 aromatic rings. The highest BCUT2D eigenvalue weighted by Gasteiger charge is 2.50. The van der Waals surface area contributed by atoms with Crippen molar-refractivity contribution in [3.05, 3.63) is 29.8 Å². The van der Waals surface area contributed by atoms with Crippen LogP contribution in [0.15, 0.2) is 24.3 Å². The van der Waals surface area contributed by atoms with Crippen molar-refractivity contribution in [1.82, 2.24) is 5.32 Å². The molecule has 1 aliphatic rings. The monoisotopic (exact) mass is 278 g/mol. The lowest BCUT2D eigenvalue weighted by Gasteiger charge is -2.17. The lowest BCUT2D eigenvalue weighted by atomic mass is 9.94. The summed E-state index contributed by atoms with van der Waals surface area (Å²) in [6.45, 7) is 2.95. The zero-order chi connectivity index (χ0) is 13.9. The molecule has 0 saturated heterocycles. The van der Waals surface area contributed by atoms with E-state index < -0.39 is 0 Å². The maximum atomic E-state index is 12.3. The molecule has 1 aliphatic carbocycles. The Morgan fingerprint density at radius 1 is 1.42 bits per heavy atom. The van der Waals surface area contributed by atoms with E-state index >= 15 is 0 Å². The van der Waals surface area contributed by atoms with E-state index in [-0.39, 0.29) is 11.3 Å². The van der Waals surface area contributed by atoms with Crippen molar-refractivity contribution in [2.45, 2.75) is 36.9 Å². The fourth-order valence-electron chi connectivity index (χ4n) is 2.25. The van der Waals surface area contributed by atoms with E-state index in [1.165, 1.54) is 0 Å². The largest absolute Gasteiger partial charge is 0.399 e. The topological polar surface area (TPSA) is 55.1 Å². The number of nitrogens with one attached hydrogen (secondary N) is 1. The van der Waals surface area contributed by atoms with Crippen LogP contribution in [-0.4, -0.2) is 24.0 Å². The molecular weight excluding hydrogens is 256 g/mol. The van der Waals surface area contributed by atoms with Crippen molar-refractivity contribution < 1.29 is 4.79 Å². The standard InChI is InChI=1S/C15H22N2OS/c1-11(19-2)7-10-17-14(18)15(8-9-15)12-3-5-13(16)6-4-12/h3-6,11H,7-10,16H2,1-2H3,(H,17,18). The van der Waals surface area contributed by atoms with Crippen LogP contribution in [-0.2, 0) is 10.2 Å². The number of nitrogens with two attached hydrogens (primary N) is 1. The maximum absolute atomic E-state index is 12.3. The quantitative estimate of drug-likeness (QED) is 0.786. The molecule has 1 atom stereocenters. The molecule has 0 spiro atoms. The minimum absolute atomic E-state index is 0.172. The molecule has 3 N–H and O–H groups in total. The minimum atomic E-state index is -0.281. The number of rotatable bonds is 6. The van der Waals surface area contributed by atoms with Gasteiger partial charge < -0.3 is 11.1 Å². The van der Waals surface area contributed by atoms with Gasteiger partial charge in [-0.3, -0.25) is 4.79 Å². The molecule has 19 heavy (non-hydrogen) atoms. The molecule has 1 saturated carbocycles. The number of carbonyl (C=O) groups is 1. The molecule has 1 unspecified atom stereocenters. The highest BCUT2D eigenvalue weighted by Crippen LogP contribution is 2.48. The van der Waals surface area contributed by atoms with E-state index in [0.717, 1.165) is 37.1 Å². The molecule has 3 nitrogen and oxygen atoms in total. The Bertz CT molecular complexity index is 440. The fraction of sp³-hybridized carbons (Fsp3) is 0.533. The van der Waals surface area contributed by atoms with Gasteiger partial charge in [0.05, 0.1) is 5.41 Å². The molecule has 0 aliphatic heterocycles. The summed E-state index contributed by atoms with van der Waals surface area (Å²) in [6, 6.07) is 7.70. The van der Waals surface area contributed by atoms with Crippen molar-refractivity contribution in [2.75, 3.05) is 18.5 Å². The van der Waals surface area contributed by atoms with Gasteiger partial charge in [0.25, 0.3) is 0 Å². The van der Waals surface area contributed by atoms with Crippen LogP contribution in [0.25, 0.3) is 0 Å². The summed E-state index contributed by atoms with van der Waals surface area (Å²) >= 11 is 1.83. The van der Waals surface area contributed by atoms with Gasteiger partial charge >= 0.3 is 0 Å². The number of hydrogen-bond donors (Lipinski definition) is 2. The lowest BCUT2D eigenvalue weighted by Crippen LogP contribution is -2.35.